The number of rotatable bonds is 6. The predicted molar refractivity (Wildman–Crippen MR) is 141 cm³/mol. The van der Waals surface area contributed by atoms with E-state index in [4.69, 9.17) is 0 Å². The lowest BCUT2D eigenvalue weighted by molar-refractivity contribution is -0.136. The van der Waals surface area contributed by atoms with Crippen molar-refractivity contribution >= 4 is 23.4 Å². The van der Waals surface area contributed by atoms with Gasteiger partial charge in [-0.25, -0.2) is 4.68 Å². The number of nitrogens with one attached hydrogen (secondary N) is 1. The number of carbonyl (C=O) groups is 3. The van der Waals surface area contributed by atoms with E-state index in [-0.39, 0.29) is 42.9 Å². The molecule has 3 atom stereocenters. The molecule has 1 aliphatic carbocycles. The van der Waals surface area contributed by atoms with Gasteiger partial charge in [-0.05, 0) is 36.5 Å². The molecule has 1 N–H and O–H groups in total. The molecule has 3 heterocycles. The molecule has 1 spiro atoms. The van der Waals surface area contributed by atoms with E-state index in [0.717, 1.165) is 30.4 Å². The Bertz CT molecular complexity index is 1480. The Morgan fingerprint density at radius 2 is 1.92 bits per heavy atom. The second kappa shape index (κ2) is 9.66. The van der Waals surface area contributed by atoms with E-state index in [1.54, 1.807) is 17.9 Å². The fourth-order valence-electron chi connectivity index (χ4n) is 5.93. The van der Waals surface area contributed by atoms with Crippen LogP contribution < -0.4 is 5.32 Å². The number of fused-ring (bicyclic) bond motifs is 2. The molecule has 2 aliphatic heterocycles. The topological polar surface area (TPSA) is 124 Å². The summed E-state index contributed by atoms with van der Waals surface area (Å²) >= 11 is 0. The number of hydrogen-bond donors (Lipinski definition) is 1. The van der Waals surface area contributed by atoms with Gasteiger partial charge in [0, 0.05) is 32.1 Å². The molecule has 10 nitrogen and oxygen atoms in total. The van der Waals surface area contributed by atoms with Crippen molar-refractivity contribution in [1.82, 2.24) is 24.8 Å². The van der Waals surface area contributed by atoms with E-state index >= 15 is 0 Å². The zero-order chi connectivity index (χ0) is 27.1. The molecule has 3 aliphatic rings. The summed E-state index contributed by atoms with van der Waals surface area (Å²) in [7, 11) is 1.58. The molecular formula is C29H29N7O3. The number of carbonyl (C=O) groups excluding carboxylic acids is 3. The van der Waals surface area contributed by atoms with Gasteiger partial charge >= 0.3 is 0 Å². The smallest absolute Gasteiger partial charge is 0.276 e. The third-order valence-electron chi connectivity index (χ3n) is 8.44. The van der Waals surface area contributed by atoms with E-state index in [1.807, 2.05) is 54.6 Å². The molecule has 1 saturated heterocycles. The number of nitriles is 1. The van der Waals surface area contributed by atoms with Crippen LogP contribution in [0.2, 0.25) is 0 Å². The molecule has 198 valence electrons. The molecule has 1 saturated carbocycles. The number of nitrogens with zero attached hydrogens (tertiary/aromatic N) is 6. The van der Waals surface area contributed by atoms with E-state index in [0.29, 0.717) is 5.69 Å². The fourth-order valence-corrected chi connectivity index (χ4v) is 5.93. The number of likely N-dealkylation sites (tertiary alicyclic amines) is 1. The molecule has 0 radical (unpaired) electrons. The summed E-state index contributed by atoms with van der Waals surface area (Å²) in [5.41, 5.74) is 1.55. The molecule has 3 aromatic rings. The van der Waals surface area contributed by atoms with Gasteiger partial charge in [0.05, 0.1) is 23.7 Å². The third-order valence-corrected chi connectivity index (χ3v) is 8.44. The van der Waals surface area contributed by atoms with Crippen molar-refractivity contribution in [3.63, 3.8) is 0 Å². The Morgan fingerprint density at radius 3 is 2.64 bits per heavy atom. The summed E-state index contributed by atoms with van der Waals surface area (Å²) < 4.78 is 1.73. The van der Waals surface area contributed by atoms with Crippen molar-refractivity contribution in [1.29, 1.82) is 5.26 Å². The van der Waals surface area contributed by atoms with Crippen LogP contribution in [0.15, 0.2) is 60.8 Å². The number of likely N-dealkylation sites (N-methyl/N-ethyl adjacent to an activating group) is 1. The zero-order valence-corrected chi connectivity index (χ0v) is 21.7. The van der Waals surface area contributed by atoms with Crippen LogP contribution in [0.5, 0.6) is 0 Å². The summed E-state index contributed by atoms with van der Waals surface area (Å²) in [5, 5.41) is 21.2. The number of benzene rings is 2. The number of amides is 3. The van der Waals surface area contributed by atoms with Gasteiger partial charge in [-0.3, -0.25) is 14.4 Å². The van der Waals surface area contributed by atoms with Gasteiger partial charge in [-0.15, -0.1) is 5.10 Å². The molecule has 2 aromatic carbocycles. The summed E-state index contributed by atoms with van der Waals surface area (Å²) in [5.74, 6) is -1.00. The highest BCUT2D eigenvalue weighted by molar-refractivity contribution is 6.07. The molecule has 0 bridgehead atoms. The first kappa shape index (κ1) is 24.8. The standard InChI is InChI=1S/C29H29N7O3/c1-34(26(37)24-17-36(33-32-24)20-10-7-11-20)25(14-19-8-3-2-4-9-19)27(38)35-18-29(15-21(35)16-30)22-12-5-6-13-23(22)31-28(29)39/h2-6,8-9,12-13,17,20-21,25H,7,10-11,14-15,18H2,1H3,(H,31,39)/t21-,25-,29-/m0/s1. The molecule has 1 aromatic heterocycles. The predicted octanol–water partition coefficient (Wildman–Crippen LogP) is 2.70. The van der Waals surface area contributed by atoms with E-state index < -0.39 is 23.4 Å². The average molecular weight is 524 g/mol. The van der Waals surface area contributed by atoms with Gasteiger partial charge < -0.3 is 15.1 Å². The number of aromatic nitrogens is 3. The lowest BCUT2D eigenvalue weighted by Gasteiger charge is -2.32. The maximum Gasteiger partial charge on any atom is 0.276 e. The molecule has 10 heteroatoms. The second-order valence-electron chi connectivity index (χ2n) is 10.7. The van der Waals surface area contributed by atoms with Crippen molar-refractivity contribution in [3.05, 3.63) is 77.6 Å². The SMILES string of the molecule is CN(C(=O)c1cn(C2CCC2)nn1)[C@@H](Cc1ccccc1)C(=O)N1C[C@]2(C[C@H]1C#N)C(=O)Nc1ccccc12. The Kier molecular flexibility index (Phi) is 6.14. The summed E-state index contributed by atoms with van der Waals surface area (Å²) in [6.45, 7) is 0.0675. The fraction of sp³-hybridized carbons (Fsp3) is 0.379. The van der Waals surface area contributed by atoms with Gasteiger partial charge in [0.2, 0.25) is 11.8 Å². The van der Waals surface area contributed by atoms with Crippen molar-refractivity contribution in [2.75, 3.05) is 18.9 Å². The van der Waals surface area contributed by atoms with Crippen LogP contribution in [0.3, 0.4) is 0 Å². The summed E-state index contributed by atoms with van der Waals surface area (Å²) in [6, 6.07) is 17.6. The van der Waals surface area contributed by atoms with E-state index in [1.165, 1.54) is 9.80 Å². The van der Waals surface area contributed by atoms with Crippen LogP contribution in [-0.4, -0.2) is 68.2 Å². The lowest BCUT2D eigenvalue weighted by Crippen LogP contribution is -2.52. The van der Waals surface area contributed by atoms with Crippen LogP contribution >= 0.6 is 0 Å². The minimum absolute atomic E-state index is 0.0675. The maximum atomic E-state index is 14.2. The van der Waals surface area contributed by atoms with Crippen LogP contribution in [0, 0.1) is 11.3 Å². The van der Waals surface area contributed by atoms with Gasteiger partial charge in [0.1, 0.15) is 12.1 Å². The summed E-state index contributed by atoms with van der Waals surface area (Å²) in [4.78, 5) is 43.9. The van der Waals surface area contributed by atoms with Crippen LogP contribution in [0.25, 0.3) is 0 Å². The first-order valence-corrected chi connectivity index (χ1v) is 13.3. The third kappa shape index (κ3) is 4.14. The van der Waals surface area contributed by atoms with E-state index in [2.05, 4.69) is 21.7 Å². The lowest BCUT2D eigenvalue weighted by atomic mass is 9.80. The van der Waals surface area contributed by atoms with Crippen molar-refractivity contribution in [2.24, 2.45) is 0 Å². The molecule has 2 fully saturated rings. The average Bonchev–Trinajstić information content (AvgIpc) is 3.63. The molecule has 3 amide bonds. The van der Waals surface area contributed by atoms with Crippen LogP contribution in [0.4, 0.5) is 5.69 Å². The number of anilines is 1. The molecular weight excluding hydrogens is 494 g/mol. The number of para-hydroxylation sites is 1. The van der Waals surface area contributed by atoms with Crippen molar-refractivity contribution < 1.29 is 14.4 Å². The highest BCUT2D eigenvalue weighted by Crippen LogP contribution is 2.46. The minimum atomic E-state index is -1.00. The Balaban J connectivity index is 1.31. The first-order valence-electron chi connectivity index (χ1n) is 13.3. The Hall–Kier alpha value is -4.52. The normalized spacial score (nSPS) is 22.6. The van der Waals surface area contributed by atoms with E-state index in [9.17, 15) is 19.6 Å². The Morgan fingerprint density at radius 1 is 1.18 bits per heavy atom. The molecule has 39 heavy (non-hydrogen) atoms. The highest BCUT2D eigenvalue weighted by atomic mass is 16.2. The minimum Gasteiger partial charge on any atom is -0.328 e. The van der Waals surface area contributed by atoms with Crippen molar-refractivity contribution in [3.8, 4) is 6.07 Å². The van der Waals surface area contributed by atoms with Crippen molar-refractivity contribution in [2.45, 2.75) is 55.6 Å². The number of hydrogen-bond acceptors (Lipinski definition) is 6. The van der Waals surface area contributed by atoms with Gasteiger partial charge in [0.25, 0.3) is 5.91 Å². The van der Waals surface area contributed by atoms with Crippen LogP contribution in [-0.2, 0) is 21.4 Å². The zero-order valence-electron chi connectivity index (χ0n) is 21.7. The Labute approximate surface area is 226 Å². The van der Waals surface area contributed by atoms with Gasteiger partial charge in [0.15, 0.2) is 5.69 Å². The maximum absolute atomic E-state index is 14.2. The second-order valence-corrected chi connectivity index (χ2v) is 10.7. The highest BCUT2D eigenvalue weighted by Gasteiger charge is 2.56. The summed E-state index contributed by atoms with van der Waals surface area (Å²) in [6.07, 6.45) is 5.24. The molecule has 0 unspecified atom stereocenters. The van der Waals surface area contributed by atoms with Gasteiger partial charge in [-0.2, -0.15) is 5.26 Å². The quantitative estimate of drug-likeness (QED) is 0.530. The monoisotopic (exact) mass is 523 g/mol. The molecule has 6 rings (SSSR count). The first-order chi connectivity index (χ1) is 18.9. The van der Waals surface area contributed by atoms with Gasteiger partial charge in [-0.1, -0.05) is 53.7 Å². The van der Waals surface area contributed by atoms with Crippen LogP contribution in [0.1, 0.15) is 53.3 Å². The largest absolute Gasteiger partial charge is 0.328 e.